The molecule has 1 aromatic rings. The summed E-state index contributed by atoms with van der Waals surface area (Å²) < 4.78 is 5.52. The van der Waals surface area contributed by atoms with Crippen LogP contribution >= 0.6 is 23.2 Å². The number of carbonyl (C=O) groups is 2. The third kappa shape index (κ3) is 6.21. The lowest BCUT2D eigenvalue weighted by Gasteiger charge is -2.26. The van der Waals surface area contributed by atoms with Crippen LogP contribution in [0.5, 0.6) is 5.75 Å². The zero-order valence-corrected chi connectivity index (χ0v) is 15.0. The number of piperidine rings is 1. The van der Waals surface area contributed by atoms with Crippen LogP contribution in [-0.2, 0) is 9.59 Å². The monoisotopic (exact) mass is 372 g/mol. The van der Waals surface area contributed by atoms with Gasteiger partial charge in [-0.15, -0.1) is 0 Å². The molecule has 0 saturated carbocycles. The van der Waals surface area contributed by atoms with E-state index in [4.69, 9.17) is 27.9 Å². The predicted molar refractivity (Wildman–Crippen MR) is 94.6 cm³/mol. The largest absolute Gasteiger partial charge is 0.492 e. The zero-order valence-electron chi connectivity index (χ0n) is 13.5. The second-order valence-corrected chi connectivity index (χ2v) is 6.59. The van der Waals surface area contributed by atoms with E-state index in [0.29, 0.717) is 35.2 Å². The maximum atomic E-state index is 11.9. The smallest absolute Gasteiger partial charge is 0.241 e. The number of halogens is 2. The molecular formula is C17H22Cl2N2O3. The van der Waals surface area contributed by atoms with Crippen LogP contribution in [0, 0.1) is 0 Å². The molecular weight excluding hydrogens is 351 g/mol. The third-order valence-electron chi connectivity index (χ3n) is 3.85. The molecule has 0 aromatic heterocycles. The Labute approximate surface area is 152 Å². The van der Waals surface area contributed by atoms with E-state index in [1.165, 1.54) is 6.42 Å². The molecule has 132 valence electrons. The molecule has 1 aliphatic heterocycles. The average molecular weight is 373 g/mol. The van der Waals surface area contributed by atoms with E-state index >= 15 is 0 Å². The fourth-order valence-corrected chi connectivity index (χ4v) is 2.99. The van der Waals surface area contributed by atoms with Crippen LogP contribution < -0.4 is 10.1 Å². The Morgan fingerprint density at radius 1 is 1.17 bits per heavy atom. The van der Waals surface area contributed by atoms with Gasteiger partial charge in [0.1, 0.15) is 5.75 Å². The number of likely N-dealkylation sites (tertiary alicyclic amines) is 1. The van der Waals surface area contributed by atoms with Crippen LogP contribution in [0.2, 0.25) is 10.0 Å². The van der Waals surface area contributed by atoms with E-state index in [1.807, 2.05) is 4.90 Å². The third-order valence-corrected chi connectivity index (χ3v) is 4.38. The van der Waals surface area contributed by atoms with Crippen LogP contribution in [0.1, 0.15) is 32.1 Å². The minimum atomic E-state index is -0.147. The Bertz CT molecular complexity index is 575. The first kappa shape index (κ1) is 18.9. The number of ether oxygens (including phenoxy) is 1. The average Bonchev–Trinajstić information content (AvgIpc) is 2.59. The molecule has 2 rings (SSSR count). The highest BCUT2D eigenvalue weighted by atomic mass is 35.5. The molecule has 0 atom stereocenters. The Hall–Kier alpha value is -1.46. The first-order valence-corrected chi connectivity index (χ1v) is 8.94. The standard InChI is InChI=1S/C17H22Cl2N2O3/c18-13-6-7-15(14(19)11-13)24-10-4-5-16(22)20-12-17(23)21-8-2-1-3-9-21/h6-7,11H,1-5,8-10,12H2,(H,20,22). The van der Waals surface area contributed by atoms with Crippen LogP contribution in [0.4, 0.5) is 0 Å². The minimum absolute atomic E-state index is 0.00718. The summed E-state index contributed by atoms with van der Waals surface area (Å²) in [4.78, 5) is 25.5. The molecule has 1 fully saturated rings. The van der Waals surface area contributed by atoms with Crippen LogP contribution in [0.3, 0.4) is 0 Å². The minimum Gasteiger partial charge on any atom is -0.492 e. The molecule has 5 nitrogen and oxygen atoms in total. The lowest BCUT2D eigenvalue weighted by atomic mass is 10.1. The van der Waals surface area contributed by atoms with Gasteiger partial charge in [0.05, 0.1) is 18.2 Å². The molecule has 7 heteroatoms. The van der Waals surface area contributed by atoms with Crippen molar-refractivity contribution in [2.45, 2.75) is 32.1 Å². The van der Waals surface area contributed by atoms with Crippen LogP contribution in [0.15, 0.2) is 18.2 Å². The van der Waals surface area contributed by atoms with Gasteiger partial charge in [-0.05, 0) is 43.9 Å². The van der Waals surface area contributed by atoms with Gasteiger partial charge in [-0.25, -0.2) is 0 Å². The Balaban J connectivity index is 1.60. The molecule has 24 heavy (non-hydrogen) atoms. The van der Waals surface area contributed by atoms with E-state index in [2.05, 4.69) is 5.32 Å². The summed E-state index contributed by atoms with van der Waals surface area (Å²) in [5, 5.41) is 3.66. The predicted octanol–water partition coefficient (Wildman–Crippen LogP) is 3.28. The van der Waals surface area contributed by atoms with Gasteiger partial charge in [-0.3, -0.25) is 9.59 Å². The Morgan fingerprint density at radius 2 is 1.92 bits per heavy atom. The highest BCUT2D eigenvalue weighted by Gasteiger charge is 2.16. The normalized spacial score (nSPS) is 14.3. The van der Waals surface area contributed by atoms with Crippen molar-refractivity contribution in [3.63, 3.8) is 0 Å². The van der Waals surface area contributed by atoms with Crippen molar-refractivity contribution in [3.8, 4) is 5.75 Å². The lowest BCUT2D eigenvalue weighted by molar-refractivity contribution is -0.133. The summed E-state index contributed by atoms with van der Waals surface area (Å²) in [7, 11) is 0. The van der Waals surface area contributed by atoms with E-state index in [-0.39, 0.29) is 18.4 Å². The molecule has 1 aromatic carbocycles. The molecule has 2 amide bonds. The summed E-state index contributed by atoms with van der Waals surface area (Å²) >= 11 is 11.8. The van der Waals surface area contributed by atoms with Gasteiger partial charge in [0.2, 0.25) is 11.8 Å². The van der Waals surface area contributed by atoms with Crippen molar-refractivity contribution in [2.75, 3.05) is 26.2 Å². The molecule has 0 radical (unpaired) electrons. The van der Waals surface area contributed by atoms with Crippen molar-refractivity contribution in [2.24, 2.45) is 0 Å². The zero-order chi connectivity index (χ0) is 17.4. The summed E-state index contributed by atoms with van der Waals surface area (Å²) in [6, 6.07) is 5.00. The number of carbonyl (C=O) groups excluding carboxylic acids is 2. The quantitative estimate of drug-likeness (QED) is 0.747. The number of benzene rings is 1. The summed E-state index contributed by atoms with van der Waals surface area (Å²) in [6.07, 6.45) is 4.11. The van der Waals surface area contributed by atoms with E-state index in [9.17, 15) is 9.59 Å². The van der Waals surface area contributed by atoms with Crippen LogP contribution in [0.25, 0.3) is 0 Å². The highest BCUT2D eigenvalue weighted by molar-refractivity contribution is 6.35. The van der Waals surface area contributed by atoms with Gasteiger partial charge in [-0.1, -0.05) is 23.2 Å². The fraction of sp³-hybridized carbons (Fsp3) is 0.529. The number of nitrogens with one attached hydrogen (secondary N) is 1. The molecule has 0 aliphatic carbocycles. The topological polar surface area (TPSA) is 58.6 Å². The molecule has 0 spiro atoms. The number of hydrogen-bond donors (Lipinski definition) is 1. The lowest BCUT2D eigenvalue weighted by Crippen LogP contribution is -2.42. The van der Waals surface area contributed by atoms with Crippen molar-refractivity contribution in [1.82, 2.24) is 10.2 Å². The molecule has 1 N–H and O–H groups in total. The van der Waals surface area contributed by atoms with E-state index in [0.717, 1.165) is 25.9 Å². The number of amides is 2. The molecule has 0 unspecified atom stereocenters. The fourth-order valence-electron chi connectivity index (χ4n) is 2.52. The van der Waals surface area contributed by atoms with Gasteiger partial charge in [0.15, 0.2) is 0 Å². The Kier molecular flexibility index (Phi) is 7.66. The SMILES string of the molecule is O=C(CCCOc1ccc(Cl)cc1Cl)NCC(=O)N1CCCCC1. The summed E-state index contributed by atoms with van der Waals surface area (Å²) in [5.74, 6) is 0.389. The van der Waals surface area contributed by atoms with E-state index in [1.54, 1.807) is 18.2 Å². The number of nitrogens with zero attached hydrogens (tertiary/aromatic N) is 1. The molecule has 1 heterocycles. The van der Waals surface area contributed by atoms with Crippen molar-refractivity contribution in [1.29, 1.82) is 0 Å². The molecule has 1 aliphatic rings. The maximum Gasteiger partial charge on any atom is 0.241 e. The number of rotatable bonds is 7. The number of hydrogen-bond acceptors (Lipinski definition) is 3. The van der Waals surface area contributed by atoms with Gasteiger partial charge < -0.3 is 15.0 Å². The summed E-state index contributed by atoms with van der Waals surface area (Å²) in [6.45, 7) is 2.03. The van der Waals surface area contributed by atoms with E-state index < -0.39 is 0 Å². The first-order valence-electron chi connectivity index (χ1n) is 8.18. The van der Waals surface area contributed by atoms with Gasteiger partial charge in [0.25, 0.3) is 0 Å². The van der Waals surface area contributed by atoms with Gasteiger partial charge in [-0.2, -0.15) is 0 Å². The maximum absolute atomic E-state index is 11.9. The van der Waals surface area contributed by atoms with Gasteiger partial charge in [0, 0.05) is 24.5 Å². The molecule has 0 bridgehead atoms. The second-order valence-electron chi connectivity index (χ2n) is 5.74. The van der Waals surface area contributed by atoms with Crippen molar-refractivity contribution < 1.29 is 14.3 Å². The molecule has 1 saturated heterocycles. The van der Waals surface area contributed by atoms with Gasteiger partial charge >= 0.3 is 0 Å². The second kappa shape index (κ2) is 9.74. The van der Waals surface area contributed by atoms with Crippen LogP contribution in [-0.4, -0.2) is 43.0 Å². The van der Waals surface area contributed by atoms with Crippen molar-refractivity contribution >= 4 is 35.0 Å². The Morgan fingerprint density at radius 3 is 2.62 bits per heavy atom. The first-order chi connectivity index (χ1) is 11.6. The summed E-state index contributed by atoms with van der Waals surface area (Å²) in [5.41, 5.74) is 0. The highest BCUT2D eigenvalue weighted by Crippen LogP contribution is 2.27. The van der Waals surface area contributed by atoms with Crippen molar-refractivity contribution in [3.05, 3.63) is 28.2 Å².